The molecule has 0 saturated heterocycles. The number of fused-ring (bicyclic) bond motifs is 2. The Hall–Kier alpha value is -3.80. The van der Waals surface area contributed by atoms with Gasteiger partial charge in [-0.2, -0.15) is 0 Å². The van der Waals surface area contributed by atoms with Crippen LogP contribution in [-0.2, 0) is 0 Å². The van der Waals surface area contributed by atoms with Crippen molar-refractivity contribution in [1.82, 2.24) is 15.6 Å². The lowest BCUT2D eigenvalue weighted by Crippen LogP contribution is -2.70. The first-order valence-electron chi connectivity index (χ1n) is 10.4. The van der Waals surface area contributed by atoms with E-state index in [1.165, 1.54) is 10.9 Å². The molecule has 4 heterocycles. The van der Waals surface area contributed by atoms with E-state index in [-0.39, 0.29) is 0 Å². The van der Waals surface area contributed by atoms with Crippen LogP contribution in [0, 0.1) is 0 Å². The zero-order valence-electron chi connectivity index (χ0n) is 16.5. The fourth-order valence-electron chi connectivity index (χ4n) is 4.15. The second-order valence-electron chi connectivity index (χ2n) is 7.72. The van der Waals surface area contributed by atoms with Crippen molar-refractivity contribution in [2.24, 2.45) is 0 Å². The van der Waals surface area contributed by atoms with Crippen LogP contribution < -0.4 is 20.6 Å². The Morgan fingerprint density at radius 1 is 0.767 bits per heavy atom. The maximum atomic E-state index is 6.00. The second kappa shape index (κ2) is 6.91. The molecule has 2 aromatic heterocycles. The van der Waals surface area contributed by atoms with Gasteiger partial charge in [0.05, 0.1) is 11.1 Å². The number of aromatic amines is 1. The predicted octanol–water partition coefficient (Wildman–Crippen LogP) is -0.0547. The fraction of sp³-hybridized carbons (Fsp3) is 0.167. The molecular weight excluding hydrogens is 374 g/mol. The third kappa shape index (κ3) is 3.06. The Labute approximate surface area is 173 Å². The fourth-order valence-corrected chi connectivity index (χ4v) is 4.15. The van der Waals surface area contributed by atoms with Crippen LogP contribution >= 0.6 is 0 Å². The first-order valence-corrected chi connectivity index (χ1v) is 10.4. The number of nitrogens with one attached hydrogen (secondary N) is 5. The number of hydrogen-bond donors (Lipinski definition) is 5. The SMILES string of the molecule is C(=C\c1cc2cc(C3=[NH+]CCN3)ccc2o1)/c1cc2ccc(C3=[NH+]CCN3)cc2[nH]1. The van der Waals surface area contributed by atoms with E-state index in [0.717, 1.165) is 71.4 Å². The maximum absolute atomic E-state index is 6.00. The highest BCUT2D eigenvalue weighted by molar-refractivity contribution is 5.99. The van der Waals surface area contributed by atoms with E-state index in [4.69, 9.17) is 4.42 Å². The molecule has 6 heteroatoms. The van der Waals surface area contributed by atoms with Gasteiger partial charge in [-0.15, -0.1) is 0 Å². The van der Waals surface area contributed by atoms with Crippen LogP contribution in [0.15, 0.2) is 52.9 Å². The molecule has 0 amide bonds. The molecule has 4 aromatic rings. The molecule has 5 N–H and O–H groups in total. The monoisotopic (exact) mass is 397 g/mol. The van der Waals surface area contributed by atoms with E-state index in [9.17, 15) is 0 Å². The molecule has 2 aromatic carbocycles. The van der Waals surface area contributed by atoms with E-state index in [2.05, 4.69) is 74.1 Å². The van der Waals surface area contributed by atoms with Crippen LogP contribution in [0.25, 0.3) is 34.0 Å². The Morgan fingerprint density at radius 2 is 1.53 bits per heavy atom. The maximum Gasteiger partial charge on any atom is 0.275 e. The quantitative estimate of drug-likeness (QED) is 0.335. The molecule has 0 fully saturated rings. The van der Waals surface area contributed by atoms with Crippen LogP contribution in [0.3, 0.4) is 0 Å². The number of H-pyrrole nitrogens is 1. The minimum absolute atomic E-state index is 0.841. The summed E-state index contributed by atoms with van der Waals surface area (Å²) in [6.07, 6.45) is 4.08. The smallest absolute Gasteiger partial charge is 0.275 e. The number of amidine groups is 2. The van der Waals surface area contributed by atoms with E-state index >= 15 is 0 Å². The number of benzene rings is 2. The summed E-state index contributed by atoms with van der Waals surface area (Å²) >= 11 is 0. The van der Waals surface area contributed by atoms with Crippen LogP contribution in [0.4, 0.5) is 0 Å². The van der Waals surface area contributed by atoms with Gasteiger partial charge in [0.15, 0.2) is 0 Å². The summed E-state index contributed by atoms with van der Waals surface area (Å²) in [7, 11) is 0. The number of hydrogen-bond acceptors (Lipinski definition) is 3. The summed E-state index contributed by atoms with van der Waals surface area (Å²) in [6.45, 7) is 3.87. The zero-order valence-corrected chi connectivity index (χ0v) is 16.5. The first kappa shape index (κ1) is 17.1. The third-order valence-electron chi connectivity index (χ3n) is 5.64. The summed E-state index contributed by atoms with van der Waals surface area (Å²) in [5.41, 5.74) is 5.40. The Morgan fingerprint density at radius 3 is 2.30 bits per heavy atom. The molecular formula is C24H23N5O+2. The summed E-state index contributed by atoms with van der Waals surface area (Å²) in [6, 6.07) is 17.0. The lowest BCUT2D eigenvalue weighted by molar-refractivity contribution is -0.444. The minimum Gasteiger partial charge on any atom is -0.457 e. The van der Waals surface area contributed by atoms with Crippen molar-refractivity contribution in [2.45, 2.75) is 0 Å². The van der Waals surface area contributed by atoms with E-state index in [1.807, 2.05) is 12.1 Å². The minimum atomic E-state index is 0.841. The summed E-state index contributed by atoms with van der Waals surface area (Å²) in [5.74, 6) is 3.04. The largest absolute Gasteiger partial charge is 0.457 e. The molecule has 0 atom stereocenters. The van der Waals surface area contributed by atoms with Gasteiger partial charge >= 0.3 is 0 Å². The molecule has 0 radical (unpaired) electrons. The van der Waals surface area contributed by atoms with Crippen molar-refractivity contribution in [1.29, 1.82) is 0 Å². The van der Waals surface area contributed by atoms with E-state index in [1.54, 1.807) is 0 Å². The van der Waals surface area contributed by atoms with Gasteiger partial charge in [-0.1, -0.05) is 6.07 Å². The lowest BCUT2D eigenvalue weighted by atomic mass is 10.1. The lowest BCUT2D eigenvalue weighted by Gasteiger charge is -1.96. The number of rotatable bonds is 4. The van der Waals surface area contributed by atoms with Crippen molar-refractivity contribution in [3.05, 3.63) is 71.1 Å². The van der Waals surface area contributed by atoms with Gasteiger partial charge in [0.25, 0.3) is 11.7 Å². The Balaban J connectivity index is 1.27. The molecule has 2 aliphatic heterocycles. The molecule has 6 rings (SSSR count). The molecule has 0 aliphatic carbocycles. The zero-order chi connectivity index (χ0) is 19.9. The first-order chi connectivity index (χ1) is 14.8. The third-order valence-corrected chi connectivity index (χ3v) is 5.64. The van der Waals surface area contributed by atoms with Crippen LogP contribution in [0.2, 0.25) is 0 Å². The second-order valence-corrected chi connectivity index (χ2v) is 7.72. The number of aromatic nitrogens is 1. The molecule has 30 heavy (non-hydrogen) atoms. The van der Waals surface area contributed by atoms with E-state index in [0.29, 0.717) is 0 Å². The summed E-state index contributed by atoms with van der Waals surface area (Å²) < 4.78 is 6.00. The highest BCUT2D eigenvalue weighted by atomic mass is 16.3. The van der Waals surface area contributed by atoms with Crippen LogP contribution in [-0.4, -0.2) is 42.8 Å². The molecule has 0 bridgehead atoms. The Kier molecular flexibility index (Phi) is 3.94. The average Bonchev–Trinajstić information content (AvgIpc) is 3.56. The van der Waals surface area contributed by atoms with Crippen molar-refractivity contribution in [3.8, 4) is 0 Å². The van der Waals surface area contributed by atoms with Crippen molar-refractivity contribution in [2.75, 3.05) is 26.2 Å². The highest BCUT2D eigenvalue weighted by Crippen LogP contribution is 2.23. The van der Waals surface area contributed by atoms with E-state index < -0.39 is 0 Å². The van der Waals surface area contributed by atoms with Gasteiger partial charge in [-0.25, -0.2) is 0 Å². The van der Waals surface area contributed by atoms with Gasteiger partial charge in [0.2, 0.25) is 0 Å². The standard InChI is InChI=1S/C24H21N5O/c1-2-17(24-27-9-10-28-24)14-21-15(1)12-19(29-21)4-5-20-13-18-11-16(3-6-22(18)30-20)23-25-7-8-26-23/h1-6,11-14,29H,7-10H2,(H,25,26)(H,27,28)/p+2/b5-4+. The van der Waals surface area contributed by atoms with Gasteiger partial charge in [-0.3, -0.25) is 20.6 Å². The molecule has 6 nitrogen and oxygen atoms in total. The summed E-state index contributed by atoms with van der Waals surface area (Å²) in [5, 5.41) is 9.05. The molecule has 2 aliphatic rings. The molecule has 0 spiro atoms. The van der Waals surface area contributed by atoms with Gasteiger partial charge in [0.1, 0.15) is 37.5 Å². The summed E-state index contributed by atoms with van der Waals surface area (Å²) in [4.78, 5) is 10.2. The highest BCUT2D eigenvalue weighted by Gasteiger charge is 2.16. The predicted molar refractivity (Wildman–Crippen MR) is 119 cm³/mol. The van der Waals surface area contributed by atoms with Crippen LogP contribution in [0.1, 0.15) is 22.6 Å². The Bertz CT molecular complexity index is 1250. The number of furan rings is 1. The molecule has 0 unspecified atom stereocenters. The topological polar surface area (TPSA) is 80.9 Å². The molecule has 0 saturated carbocycles. The molecule has 148 valence electrons. The van der Waals surface area contributed by atoms with Crippen molar-refractivity contribution in [3.63, 3.8) is 0 Å². The van der Waals surface area contributed by atoms with Gasteiger partial charge in [0, 0.05) is 22.0 Å². The van der Waals surface area contributed by atoms with Gasteiger partial charge in [-0.05, 0) is 54.6 Å². The normalized spacial score (nSPS) is 16.3. The van der Waals surface area contributed by atoms with Crippen molar-refractivity contribution >= 4 is 45.7 Å². The van der Waals surface area contributed by atoms with Crippen LogP contribution in [0.5, 0.6) is 0 Å². The van der Waals surface area contributed by atoms with Crippen molar-refractivity contribution < 1.29 is 14.4 Å². The average molecular weight is 397 g/mol. The van der Waals surface area contributed by atoms with Gasteiger partial charge < -0.3 is 9.40 Å².